The SMILES string of the molecule is N#CC1=C(N)Oc2ccc3ccccc3c2[C@@H]1c1ccccc1F. The second-order valence-corrected chi connectivity index (χ2v) is 5.64. The summed E-state index contributed by atoms with van der Waals surface area (Å²) in [6, 6.07) is 20.1. The van der Waals surface area contributed by atoms with Crippen LogP contribution in [0.25, 0.3) is 10.8 Å². The monoisotopic (exact) mass is 316 g/mol. The van der Waals surface area contributed by atoms with Crippen molar-refractivity contribution in [2.24, 2.45) is 5.73 Å². The summed E-state index contributed by atoms with van der Waals surface area (Å²) in [7, 11) is 0. The van der Waals surface area contributed by atoms with E-state index in [1.165, 1.54) is 6.07 Å². The maximum atomic E-state index is 14.5. The van der Waals surface area contributed by atoms with Gasteiger partial charge in [0.15, 0.2) is 0 Å². The highest BCUT2D eigenvalue weighted by Crippen LogP contribution is 2.45. The molecule has 0 bridgehead atoms. The zero-order valence-electron chi connectivity index (χ0n) is 12.7. The van der Waals surface area contributed by atoms with Crippen molar-refractivity contribution < 1.29 is 9.13 Å². The van der Waals surface area contributed by atoms with E-state index in [0.717, 1.165) is 16.3 Å². The Kier molecular flexibility index (Phi) is 3.21. The highest BCUT2D eigenvalue weighted by molar-refractivity contribution is 5.90. The zero-order chi connectivity index (χ0) is 16.7. The van der Waals surface area contributed by atoms with Crippen LogP contribution in [0.1, 0.15) is 17.0 Å². The summed E-state index contributed by atoms with van der Waals surface area (Å²) < 4.78 is 20.1. The van der Waals surface area contributed by atoms with Gasteiger partial charge in [-0.25, -0.2) is 4.39 Å². The lowest BCUT2D eigenvalue weighted by molar-refractivity contribution is 0.394. The van der Waals surface area contributed by atoms with Crippen LogP contribution < -0.4 is 10.5 Å². The van der Waals surface area contributed by atoms with Gasteiger partial charge in [-0.1, -0.05) is 48.5 Å². The average molecular weight is 316 g/mol. The number of allylic oxidation sites excluding steroid dienone is 1. The van der Waals surface area contributed by atoms with Crippen molar-refractivity contribution in [1.82, 2.24) is 0 Å². The van der Waals surface area contributed by atoms with Crippen LogP contribution in [0.15, 0.2) is 72.1 Å². The third-order valence-corrected chi connectivity index (χ3v) is 4.33. The van der Waals surface area contributed by atoms with Gasteiger partial charge in [-0.05, 0) is 22.9 Å². The van der Waals surface area contributed by atoms with Crippen LogP contribution in [-0.4, -0.2) is 0 Å². The molecular weight excluding hydrogens is 303 g/mol. The standard InChI is InChI=1S/C20H13FN2O/c21-16-8-4-3-7-14(16)18-15(11-22)20(23)24-17-10-9-12-5-1-2-6-13(12)19(17)18/h1-10,18H,23H2/t18-/m1/s1. The minimum atomic E-state index is -0.592. The minimum Gasteiger partial charge on any atom is -0.440 e. The summed E-state index contributed by atoms with van der Waals surface area (Å²) >= 11 is 0. The second-order valence-electron chi connectivity index (χ2n) is 5.64. The van der Waals surface area contributed by atoms with Gasteiger partial charge in [0, 0.05) is 11.1 Å². The Hall–Kier alpha value is -3.32. The van der Waals surface area contributed by atoms with Crippen molar-refractivity contribution in [1.29, 1.82) is 5.26 Å². The fourth-order valence-corrected chi connectivity index (χ4v) is 3.26. The zero-order valence-corrected chi connectivity index (χ0v) is 12.7. The molecule has 0 aromatic heterocycles. The molecule has 24 heavy (non-hydrogen) atoms. The van der Waals surface area contributed by atoms with Gasteiger partial charge in [-0.2, -0.15) is 5.26 Å². The second kappa shape index (κ2) is 5.39. The molecule has 0 saturated heterocycles. The molecule has 0 saturated carbocycles. The van der Waals surface area contributed by atoms with Crippen molar-refractivity contribution in [2.75, 3.05) is 0 Å². The largest absolute Gasteiger partial charge is 0.440 e. The molecule has 4 rings (SSSR count). The summed E-state index contributed by atoms with van der Waals surface area (Å²) in [5, 5.41) is 11.5. The lowest BCUT2D eigenvalue weighted by Crippen LogP contribution is -2.21. The van der Waals surface area contributed by atoms with Gasteiger partial charge in [0.1, 0.15) is 23.2 Å². The van der Waals surface area contributed by atoms with E-state index >= 15 is 0 Å². The van der Waals surface area contributed by atoms with Crippen LogP contribution in [0.5, 0.6) is 5.75 Å². The van der Waals surface area contributed by atoms with Gasteiger partial charge in [0.2, 0.25) is 5.88 Å². The fraction of sp³-hybridized carbons (Fsp3) is 0.0500. The van der Waals surface area contributed by atoms with E-state index < -0.39 is 5.92 Å². The van der Waals surface area contributed by atoms with Crippen LogP contribution in [0.2, 0.25) is 0 Å². The van der Waals surface area contributed by atoms with E-state index in [2.05, 4.69) is 6.07 Å². The maximum Gasteiger partial charge on any atom is 0.205 e. The Bertz CT molecular complexity index is 1030. The quantitative estimate of drug-likeness (QED) is 0.732. The number of benzene rings is 3. The molecule has 3 nitrogen and oxygen atoms in total. The lowest BCUT2D eigenvalue weighted by atomic mass is 9.81. The summed E-state index contributed by atoms with van der Waals surface area (Å²) in [6.07, 6.45) is 0. The van der Waals surface area contributed by atoms with Crippen molar-refractivity contribution in [3.8, 4) is 11.8 Å². The smallest absolute Gasteiger partial charge is 0.205 e. The topological polar surface area (TPSA) is 59.0 Å². The number of nitrogens with two attached hydrogens (primary N) is 1. The van der Waals surface area contributed by atoms with Crippen LogP contribution in [0.3, 0.4) is 0 Å². The third-order valence-electron chi connectivity index (χ3n) is 4.33. The summed E-state index contributed by atoms with van der Waals surface area (Å²) in [5.74, 6) is -0.387. The maximum absolute atomic E-state index is 14.5. The number of ether oxygens (including phenoxy) is 1. The Balaban J connectivity index is 2.10. The van der Waals surface area contributed by atoms with Crippen LogP contribution >= 0.6 is 0 Å². The molecule has 3 aromatic carbocycles. The Morgan fingerprint density at radius 2 is 1.75 bits per heavy atom. The van der Waals surface area contributed by atoms with Crippen molar-refractivity contribution >= 4 is 10.8 Å². The van der Waals surface area contributed by atoms with Gasteiger partial charge in [-0.3, -0.25) is 0 Å². The predicted octanol–water partition coefficient (Wildman–Crippen LogP) is 4.20. The van der Waals surface area contributed by atoms with E-state index in [9.17, 15) is 9.65 Å². The number of halogens is 1. The van der Waals surface area contributed by atoms with Crippen LogP contribution in [0.4, 0.5) is 4.39 Å². The van der Waals surface area contributed by atoms with E-state index in [-0.39, 0.29) is 17.3 Å². The van der Waals surface area contributed by atoms with E-state index in [1.54, 1.807) is 18.2 Å². The third kappa shape index (κ3) is 2.03. The molecule has 1 atom stereocenters. The Labute approximate surface area is 138 Å². The molecule has 4 heteroatoms. The molecule has 2 N–H and O–H groups in total. The summed E-state index contributed by atoms with van der Waals surface area (Å²) in [5.41, 5.74) is 7.35. The van der Waals surface area contributed by atoms with Crippen LogP contribution in [-0.2, 0) is 0 Å². The van der Waals surface area contributed by atoms with Crippen molar-refractivity contribution in [2.45, 2.75) is 5.92 Å². The average Bonchev–Trinajstić information content (AvgIpc) is 2.61. The molecule has 0 aliphatic carbocycles. The highest BCUT2D eigenvalue weighted by Gasteiger charge is 2.33. The van der Waals surface area contributed by atoms with E-state index in [4.69, 9.17) is 10.5 Å². The Morgan fingerprint density at radius 1 is 1.00 bits per heavy atom. The molecule has 1 heterocycles. The van der Waals surface area contributed by atoms with Crippen LogP contribution in [0, 0.1) is 17.1 Å². The van der Waals surface area contributed by atoms with Gasteiger partial charge >= 0.3 is 0 Å². The molecule has 3 aromatic rings. The molecule has 1 aliphatic rings. The van der Waals surface area contributed by atoms with Crippen molar-refractivity contribution in [3.05, 3.63) is 89.1 Å². The minimum absolute atomic E-state index is 0.0218. The normalized spacial score (nSPS) is 16.4. The molecule has 0 fully saturated rings. The molecular formula is C20H13FN2O. The first kappa shape index (κ1) is 14.3. The molecule has 1 aliphatic heterocycles. The van der Waals surface area contributed by atoms with E-state index in [1.807, 2.05) is 36.4 Å². The highest BCUT2D eigenvalue weighted by atomic mass is 19.1. The van der Waals surface area contributed by atoms with Crippen molar-refractivity contribution in [3.63, 3.8) is 0 Å². The number of fused-ring (bicyclic) bond motifs is 3. The summed E-state index contributed by atoms with van der Waals surface area (Å²) in [4.78, 5) is 0. The predicted molar refractivity (Wildman–Crippen MR) is 89.6 cm³/mol. The molecule has 0 radical (unpaired) electrons. The van der Waals surface area contributed by atoms with Gasteiger partial charge in [0.05, 0.1) is 5.92 Å². The first-order valence-corrected chi connectivity index (χ1v) is 7.54. The van der Waals surface area contributed by atoms with E-state index in [0.29, 0.717) is 11.3 Å². The summed E-state index contributed by atoms with van der Waals surface area (Å²) in [6.45, 7) is 0. The Morgan fingerprint density at radius 3 is 2.54 bits per heavy atom. The molecule has 116 valence electrons. The first-order chi connectivity index (χ1) is 11.7. The number of hydrogen-bond acceptors (Lipinski definition) is 3. The van der Waals surface area contributed by atoms with Gasteiger partial charge in [-0.15, -0.1) is 0 Å². The first-order valence-electron chi connectivity index (χ1n) is 7.54. The number of nitrogens with zero attached hydrogens (tertiary/aromatic N) is 1. The lowest BCUT2D eigenvalue weighted by Gasteiger charge is -2.28. The number of rotatable bonds is 1. The number of hydrogen-bond donors (Lipinski definition) is 1. The molecule has 0 amide bonds. The molecule has 0 spiro atoms. The van der Waals surface area contributed by atoms with Gasteiger partial charge < -0.3 is 10.5 Å². The fourth-order valence-electron chi connectivity index (χ4n) is 3.26. The van der Waals surface area contributed by atoms with Gasteiger partial charge in [0.25, 0.3) is 0 Å². The number of nitriles is 1. The molecule has 0 unspecified atom stereocenters.